The van der Waals surface area contributed by atoms with Crippen LogP contribution >= 0.6 is 8.60 Å². The summed E-state index contributed by atoms with van der Waals surface area (Å²) in [5.74, 6) is 4.91. The van der Waals surface area contributed by atoms with Crippen LogP contribution in [-0.2, 0) is 13.6 Å². The summed E-state index contributed by atoms with van der Waals surface area (Å²) in [6.07, 6.45) is 11.2. The highest BCUT2D eigenvalue weighted by Gasteiger charge is 2.08. The van der Waals surface area contributed by atoms with E-state index in [1.807, 2.05) is 0 Å². The Hall–Kier alpha value is -0.570. The van der Waals surface area contributed by atoms with Crippen molar-refractivity contribution in [2.45, 2.75) is 12.8 Å². The molecule has 0 aromatic heterocycles. The monoisotopic (exact) mass is 200 g/mol. The second-order valence-corrected chi connectivity index (χ2v) is 3.31. The molecule has 0 aromatic carbocycles. The molecule has 0 spiro atoms. The molecule has 72 valence electrons. The molecule has 0 saturated carbocycles. The molecule has 0 heterocycles. The first-order valence-electron chi connectivity index (χ1n) is 3.82. The molecule has 0 unspecified atom stereocenters. The minimum absolute atomic E-state index is 0.450. The molecule has 0 aliphatic heterocycles. The Kier molecular flexibility index (Phi) is 9.10. The highest BCUT2D eigenvalue weighted by molar-refractivity contribution is 7.41. The van der Waals surface area contributed by atoms with Crippen LogP contribution in [-0.4, -0.2) is 20.3 Å². The van der Waals surface area contributed by atoms with E-state index in [0.29, 0.717) is 26.1 Å². The molecule has 0 saturated heterocycles. The maximum atomic E-state index is 5.19. The van der Waals surface area contributed by atoms with Crippen molar-refractivity contribution in [1.82, 2.24) is 0 Å². The van der Waals surface area contributed by atoms with Crippen LogP contribution in [0.5, 0.6) is 0 Å². The van der Waals surface area contributed by atoms with E-state index in [9.17, 15) is 0 Å². The lowest BCUT2D eigenvalue weighted by Crippen LogP contribution is -1.95. The largest absolute Gasteiger partial charge is 0.332 e. The van der Waals surface area contributed by atoms with Gasteiger partial charge in [0.05, 0.1) is 13.2 Å². The average molecular weight is 200 g/mol. The third-order valence-corrected chi connectivity index (χ3v) is 2.12. The summed E-state index contributed by atoms with van der Waals surface area (Å²) >= 11 is 0. The average Bonchev–Trinajstić information content (AvgIpc) is 2.16. The predicted molar refractivity (Wildman–Crippen MR) is 52.7 cm³/mol. The fraction of sp³-hybridized carbons (Fsp3) is 0.556. The molecule has 0 aromatic rings. The molecule has 13 heavy (non-hydrogen) atoms. The van der Waals surface area contributed by atoms with Gasteiger partial charge in [0, 0.05) is 20.0 Å². The smallest absolute Gasteiger partial charge is 0.316 e. The van der Waals surface area contributed by atoms with E-state index in [4.69, 9.17) is 26.4 Å². The van der Waals surface area contributed by atoms with Gasteiger partial charge < -0.3 is 13.6 Å². The fourth-order valence-electron chi connectivity index (χ4n) is 0.501. The molecule has 0 aliphatic carbocycles. The molecule has 0 atom stereocenters. The Labute approximate surface area is 80.8 Å². The van der Waals surface area contributed by atoms with Gasteiger partial charge in [-0.3, -0.25) is 0 Å². The van der Waals surface area contributed by atoms with Crippen molar-refractivity contribution in [2.75, 3.05) is 20.3 Å². The van der Waals surface area contributed by atoms with Gasteiger partial charge in [0.1, 0.15) is 0 Å². The molecule has 4 heteroatoms. The SMILES string of the molecule is C#CCCOP(OC)OCCC#C. The van der Waals surface area contributed by atoms with Gasteiger partial charge in [-0.15, -0.1) is 24.7 Å². The summed E-state index contributed by atoms with van der Waals surface area (Å²) < 4.78 is 15.3. The lowest BCUT2D eigenvalue weighted by atomic mass is 10.5. The molecule has 0 bridgehead atoms. The summed E-state index contributed by atoms with van der Waals surface area (Å²) in [7, 11) is 0.252. The van der Waals surface area contributed by atoms with Crippen LogP contribution in [0.25, 0.3) is 0 Å². The molecule has 0 fully saturated rings. The Morgan fingerprint density at radius 3 is 1.85 bits per heavy atom. The summed E-state index contributed by atoms with van der Waals surface area (Å²) in [6.45, 7) is 0.901. The van der Waals surface area contributed by atoms with E-state index >= 15 is 0 Å². The lowest BCUT2D eigenvalue weighted by molar-refractivity contribution is 0.186. The Morgan fingerprint density at radius 2 is 1.54 bits per heavy atom. The minimum atomic E-state index is -1.27. The van der Waals surface area contributed by atoms with E-state index < -0.39 is 8.60 Å². The normalized spacial score (nSPS) is 9.54. The van der Waals surface area contributed by atoms with Gasteiger partial charge in [0.2, 0.25) is 0 Å². The topological polar surface area (TPSA) is 27.7 Å². The highest BCUT2D eigenvalue weighted by Crippen LogP contribution is 2.38. The Bertz CT molecular complexity index is 172. The van der Waals surface area contributed by atoms with Gasteiger partial charge in [-0.05, 0) is 0 Å². The van der Waals surface area contributed by atoms with Crippen molar-refractivity contribution in [3.63, 3.8) is 0 Å². The number of terminal acetylenes is 2. The molecule has 0 rings (SSSR count). The van der Waals surface area contributed by atoms with E-state index in [0.717, 1.165) is 0 Å². The quantitative estimate of drug-likeness (QED) is 0.357. The van der Waals surface area contributed by atoms with Gasteiger partial charge in [-0.1, -0.05) is 0 Å². The van der Waals surface area contributed by atoms with E-state index in [-0.39, 0.29) is 0 Å². The minimum Gasteiger partial charge on any atom is -0.316 e. The van der Waals surface area contributed by atoms with Crippen LogP contribution in [0.3, 0.4) is 0 Å². The van der Waals surface area contributed by atoms with Gasteiger partial charge >= 0.3 is 8.60 Å². The van der Waals surface area contributed by atoms with Crippen LogP contribution in [0.15, 0.2) is 0 Å². The van der Waals surface area contributed by atoms with Crippen molar-refractivity contribution < 1.29 is 13.6 Å². The first-order chi connectivity index (χ1) is 6.35. The van der Waals surface area contributed by atoms with Crippen molar-refractivity contribution in [3.8, 4) is 24.7 Å². The molecule has 0 aliphatic rings. The maximum absolute atomic E-state index is 5.19. The molecule has 0 radical (unpaired) electrons. The van der Waals surface area contributed by atoms with Crippen LogP contribution in [0.2, 0.25) is 0 Å². The van der Waals surface area contributed by atoms with Crippen LogP contribution in [0, 0.1) is 24.7 Å². The summed E-state index contributed by atoms with van der Waals surface area (Å²) in [5, 5.41) is 0. The Morgan fingerprint density at radius 1 is 1.08 bits per heavy atom. The van der Waals surface area contributed by atoms with Crippen molar-refractivity contribution in [2.24, 2.45) is 0 Å². The highest BCUT2D eigenvalue weighted by atomic mass is 31.2. The lowest BCUT2D eigenvalue weighted by Gasteiger charge is -2.12. The number of hydrogen-bond acceptors (Lipinski definition) is 3. The van der Waals surface area contributed by atoms with Gasteiger partial charge in [-0.25, -0.2) is 0 Å². The molecular weight excluding hydrogens is 187 g/mol. The van der Waals surface area contributed by atoms with Gasteiger partial charge in [0.25, 0.3) is 0 Å². The zero-order valence-electron chi connectivity index (χ0n) is 7.66. The molecule has 3 nitrogen and oxygen atoms in total. The zero-order chi connectivity index (χ0) is 9.94. The van der Waals surface area contributed by atoms with Crippen molar-refractivity contribution in [3.05, 3.63) is 0 Å². The predicted octanol–water partition coefficient (Wildman–Crippen LogP) is 1.94. The first kappa shape index (κ1) is 12.4. The summed E-state index contributed by atoms with van der Waals surface area (Å²) in [6, 6.07) is 0. The van der Waals surface area contributed by atoms with E-state index in [1.54, 1.807) is 0 Å². The van der Waals surface area contributed by atoms with Crippen LogP contribution in [0.1, 0.15) is 12.8 Å². The maximum Gasteiger partial charge on any atom is 0.332 e. The summed E-state index contributed by atoms with van der Waals surface area (Å²) in [5.41, 5.74) is 0. The molecular formula is C9H13O3P. The molecule has 0 N–H and O–H groups in total. The fourth-order valence-corrected chi connectivity index (χ4v) is 1.27. The summed E-state index contributed by atoms with van der Waals surface area (Å²) in [4.78, 5) is 0. The zero-order valence-corrected chi connectivity index (χ0v) is 8.55. The van der Waals surface area contributed by atoms with Crippen LogP contribution < -0.4 is 0 Å². The van der Waals surface area contributed by atoms with E-state index in [1.165, 1.54) is 7.11 Å². The van der Waals surface area contributed by atoms with Crippen molar-refractivity contribution >= 4 is 8.60 Å². The van der Waals surface area contributed by atoms with Gasteiger partial charge in [0.15, 0.2) is 0 Å². The van der Waals surface area contributed by atoms with E-state index in [2.05, 4.69) is 11.8 Å². The number of rotatable bonds is 7. The molecule has 0 amide bonds. The number of hydrogen-bond donors (Lipinski definition) is 0. The van der Waals surface area contributed by atoms with Crippen LogP contribution in [0.4, 0.5) is 0 Å². The second kappa shape index (κ2) is 9.52. The second-order valence-electron chi connectivity index (χ2n) is 1.98. The third-order valence-electron chi connectivity index (χ3n) is 1.04. The third kappa shape index (κ3) is 7.78. The standard InChI is InChI=1S/C9H13O3P/c1-4-6-8-11-13(10-3)12-9-7-5-2/h1-2H,6-9H2,3H3. The van der Waals surface area contributed by atoms with Crippen molar-refractivity contribution in [1.29, 1.82) is 0 Å². The van der Waals surface area contributed by atoms with Gasteiger partial charge in [-0.2, -0.15) is 0 Å². The first-order valence-corrected chi connectivity index (χ1v) is 4.91. The Balaban J connectivity index is 3.41.